The van der Waals surface area contributed by atoms with Gasteiger partial charge in [0, 0.05) is 45.0 Å². The van der Waals surface area contributed by atoms with Gasteiger partial charge < -0.3 is 14.5 Å². The number of carbonyl (C=O) groups is 2. The van der Waals surface area contributed by atoms with E-state index in [1.54, 1.807) is 4.90 Å². The zero-order valence-electron chi connectivity index (χ0n) is 17.9. The number of anilines is 1. The largest absolute Gasteiger partial charge is 0.452 e. The molecule has 2 aromatic carbocycles. The number of ether oxygens (including phenoxy) is 1. The molecule has 0 bridgehead atoms. The summed E-state index contributed by atoms with van der Waals surface area (Å²) < 4.78 is 32.1. The Kier molecular flexibility index (Phi) is 6.76. The van der Waals surface area contributed by atoms with Crippen molar-refractivity contribution in [2.75, 3.05) is 50.8 Å². The lowest BCUT2D eigenvalue weighted by atomic mass is 10.2. The summed E-state index contributed by atoms with van der Waals surface area (Å²) in [7, 11) is -3.63. The third-order valence-electron chi connectivity index (χ3n) is 5.85. The van der Waals surface area contributed by atoms with Crippen molar-refractivity contribution in [1.29, 1.82) is 0 Å². The zero-order chi connectivity index (χ0) is 22.6. The molecule has 0 spiro atoms. The van der Waals surface area contributed by atoms with Gasteiger partial charge in [-0.2, -0.15) is 4.31 Å². The predicted molar refractivity (Wildman–Crippen MR) is 120 cm³/mol. The number of hydrogen-bond acceptors (Lipinski definition) is 6. The summed E-state index contributed by atoms with van der Waals surface area (Å²) in [6.07, 6.45) is 1.67. The number of nitrogens with zero attached hydrogens (tertiary/aromatic N) is 3. The Labute approximate surface area is 188 Å². The summed E-state index contributed by atoms with van der Waals surface area (Å²) in [4.78, 5) is 28.9. The molecular formula is C23H27N3O5S. The Bertz CT molecular complexity index is 1060. The summed E-state index contributed by atoms with van der Waals surface area (Å²) in [6.45, 7) is 3.13. The van der Waals surface area contributed by atoms with Crippen LogP contribution in [0, 0.1) is 0 Å². The highest BCUT2D eigenvalue weighted by Crippen LogP contribution is 2.22. The molecule has 2 fully saturated rings. The van der Waals surface area contributed by atoms with Gasteiger partial charge >= 0.3 is 5.97 Å². The van der Waals surface area contributed by atoms with Crippen LogP contribution in [0.3, 0.4) is 0 Å². The topological polar surface area (TPSA) is 87.2 Å². The van der Waals surface area contributed by atoms with Gasteiger partial charge in [-0.15, -0.1) is 0 Å². The van der Waals surface area contributed by atoms with Crippen LogP contribution in [0.25, 0.3) is 0 Å². The molecule has 8 nitrogen and oxygen atoms in total. The third-order valence-corrected chi connectivity index (χ3v) is 7.75. The van der Waals surface area contributed by atoms with Crippen LogP contribution in [-0.4, -0.2) is 75.4 Å². The number of carbonyl (C=O) groups excluding carboxylic acids is 2. The quantitative estimate of drug-likeness (QED) is 0.617. The van der Waals surface area contributed by atoms with Crippen molar-refractivity contribution in [3.63, 3.8) is 0 Å². The van der Waals surface area contributed by atoms with E-state index in [0.29, 0.717) is 39.3 Å². The number of esters is 1. The van der Waals surface area contributed by atoms with E-state index in [1.165, 1.54) is 28.6 Å². The molecule has 0 unspecified atom stereocenters. The maximum Gasteiger partial charge on any atom is 0.338 e. The molecule has 4 rings (SSSR count). The molecule has 2 heterocycles. The van der Waals surface area contributed by atoms with Crippen LogP contribution < -0.4 is 4.90 Å². The third kappa shape index (κ3) is 4.94. The molecule has 2 saturated heterocycles. The normalized spacial score (nSPS) is 17.4. The first-order chi connectivity index (χ1) is 15.4. The SMILES string of the molecule is O=C(OCC(=O)N1CCN(c2ccccc2)CC1)c1cccc(S(=O)(=O)N2CCCC2)c1. The first-order valence-corrected chi connectivity index (χ1v) is 12.2. The maximum absolute atomic E-state index is 12.7. The Morgan fingerprint density at radius 3 is 2.22 bits per heavy atom. The van der Waals surface area contributed by atoms with Crippen molar-refractivity contribution < 1.29 is 22.7 Å². The highest BCUT2D eigenvalue weighted by atomic mass is 32.2. The second kappa shape index (κ2) is 9.70. The van der Waals surface area contributed by atoms with Gasteiger partial charge in [0.05, 0.1) is 10.5 Å². The first kappa shape index (κ1) is 22.3. The van der Waals surface area contributed by atoms with Crippen molar-refractivity contribution in [1.82, 2.24) is 9.21 Å². The van der Waals surface area contributed by atoms with Gasteiger partial charge in [0.15, 0.2) is 6.61 Å². The summed E-state index contributed by atoms with van der Waals surface area (Å²) >= 11 is 0. The molecule has 0 saturated carbocycles. The number of benzene rings is 2. The fourth-order valence-electron chi connectivity index (χ4n) is 4.02. The second-order valence-corrected chi connectivity index (χ2v) is 9.86. The Hall–Kier alpha value is -2.91. The van der Waals surface area contributed by atoms with E-state index in [2.05, 4.69) is 4.90 Å². The molecule has 2 aliphatic heterocycles. The number of sulfonamides is 1. The zero-order valence-corrected chi connectivity index (χ0v) is 18.7. The molecule has 0 aliphatic carbocycles. The van der Waals surface area contributed by atoms with Gasteiger partial charge in [-0.3, -0.25) is 4.79 Å². The Balaban J connectivity index is 1.31. The van der Waals surface area contributed by atoms with Gasteiger partial charge in [0.1, 0.15) is 0 Å². The van der Waals surface area contributed by atoms with Crippen molar-refractivity contribution in [2.45, 2.75) is 17.7 Å². The minimum atomic E-state index is -3.63. The van der Waals surface area contributed by atoms with Gasteiger partial charge in [0.2, 0.25) is 10.0 Å². The van der Waals surface area contributed by atoms with E-state index in [4.69, 9.17) is 4.74 Å². The summed E-state index contributed by atoms with van der Waals surface area (Å²) in [5.74, 6) is -0.966. The predicted octanol–water partition coefficient (Wildman–Crippen LogP) is 1.98. The monoisotopic (exact) mass is 457 g/mol. The van der Waals surface area contributed by atoms with E-state index in [-0.39, 0.29) is 23.0 Å². The van der Waals surface area contributed by atoms with Crippen molar-refractivity contribution >= 4 is 27.6 Å². The molecular weight excluding hydrogens is 430 g/mol. The molecule has 0 radical (unpaired) electrons. The molecule has 170 valence electrons. The summed E-state index contributed by atoms with van der Waals surface area (Å²) in [5.41, 5.74) is 1.24. The van der Waals surface area contributed by atoms with Crippen LogP contribution in [0.2, 0.25) is 0 Å². The van der Waals surface area contributed by atoms with E-state index < -0.39 is 16.0 Å². The lowest BCUT2D eigenvalue weighted by Crippen LogP contribution is -2.49. The lowest BCUT2D eigenvalue weighted by molar-refractivity contribution is -0.134. The van der Waals surface area contributed by atoms with E-state index in [0.717, 1.165) is 18.5 Å². The molecule has 9 heteroatoms. The Morgan fingerprint density at radius 2 is 1.53 bits per heavy atom. The lowest BCUT2D eigenvalue weighted by Gasteiger charge is -2.36. The first-order valence-electron chi connectivity index (χ1n) is 10.8. The fraction of sp³-hybridized carbons (Fsp3) is 0.391. The molecule has 0 aromatic heterocycles. The van der Waals surface area contributed by atoms with Crippen LogP contribution in [0.15, 0.2) is 59.5 Å². The smallest absolute Gasteiger partial charge is 0.338 e. The number of piperazine rings is 1. The average molecular weight is 458 g/mol. The molecule has 1 amide bonds. The molecule has 32 heavy (non-hydrogen) atoms. The van der Waals surface area contributed by atoms with Crippen LogP contribution in [-0.2, 0) is 19.6 Å². The Morgan fingerprint density at radius 1 is 0.844 bits per heavy atom. The molecule has 0 atom stereocenters. The van der Waals surface area contributed by atoms with Gasteiger partial charge in [-0.05, 0) is 43.2 Å². The minimum Gasteiger partial charge on any atom is -0.452 e. The van der Waals surface area contributed by atoms with Crippen LogP contribution in [0.1, 0.15) is 23.2 Å². The van der Waals surface area contributed by atoms with Gasteiger partial charge in [-0.25, -0.2) is 13.2 Å². The molecule has 2 aliphatic rings. The highest BCUT2D eigenvalue weighted by Gasteiger charge is 2.28. The van der Waals surface area contributed by atoms with Crippen LogP contribution in [0.4, 0.5) is 5.69 Å². The van der Waals surface area contributed by atoms with Crippen molar-refractivity contribution in [3.05, 3.63) is 60.2 Å². The number of hydrogen-bond donors (Lipinski definition) is 0. The molecule has 0 N–H and O–H groups in total. The standard InChI is InChI=1S/C23H27N3O5S/c27-22(25-15-13-24(14-16-25)20-8-2-1-3-9-20)18-31-23(28)19-7-6-10-21(17-19)32(29,30)26-11-4-5-12-26/h1-3,6-10,17H,4-5,11-16,18H2. The van der Waals surface area contributed by atoms with Gasteiger partial charge in [-0.1, -0.05) is 24.3 Å². The summed E-state index contributed by atoms with van der Waals surface area (Å²) in [5, 5.41) is 0. The molecule has 2 aromatic rings. The number of rotatable bonds is 6. The van der Waals surface area contributed by atoms with Crippen molar-refractivity contribution in [2.24, 2.45) is 0 Å². The van der Waals surface area contributed by atoms with E-state index >= 15 is 0 Å². The van der Waals surface area contributed by atoms with E-state index in [9.17, 15) is 18.0 Å². The average Bonchev–Trinajstić information content (AvgIpc) is 3.39. The summed E-state index contributed by atoms with van der Waals surface area (Å²) in [6, 6.07) is 15.8. The van der Waals surface area contributed by atoms with Crippen LogP contribution in [0.5, 0.6) is 0 Å². The van der Waals surface area contributed by atoms with Crippen LogP contribution >= 0.6 is 0 Å². The van der Waals surface area contributed by atoms with Gasteiger partial charge in [0.25, 0.3) is 5.91 Å². The minimum absolute atomic E-state index is 0.0669. The second-order valence-electron chi connectivity index (χ2n) is 7.92. The fourth-order valence-corrected chi connectivity index (χ4v) is 5.58. The highest BCUT2D eigenvalue weighted by molar-refractivity contribution is 7.89. The van der Waals surface area contributed by atoms with E-state index in [1.807, 2.05) is 30.3 Å². The van der Waals surface area contributed by atoms with Crippen molar-refractivity contribution in [3.8, 4) is 0 Å². The number of para-hydroxylation sites is 1. The number of amides is 1. The maximum atomic E-state index is 12.7.